The summed E-state index contributed by atoms with van der Waals surface area (Å²) in [7, 11) is 0. The fraction of sp³-hybridized carbons (Fsp3) is 0.364. The van der Waals surface area contributed by atoms with Gasteiger partial charge in [-0.05, 0) is 47.6 Å². The number of nitriles is 1. The average molecular weight is 402 g/mol. The van der Waals surface area contributed by atoms with Crippen molar-refractivity contribution in [2.24, 2.45) is 5.92 Å². The molecule has 0 aromatic heterocycles. The van der Waals surface area contributed by atoms with Crippen molar-refractivity contribution < 1.29 is 22.7 Å². The van der Waals surface area contributed by atoms with Crippen molar-refractivity contribution in [2.45, 2.75) is 38.0 Å². The molecule has 4 nitrogen and oxygen atoms in total. The highest BCUT2D eigenvalue weighted by molar-refractivity contribution is 5.81. The minimum absolute atomic E-state index is 0.00950. The van der Waals surface area contributed by atoms with Crippen LogP contribution in [0.2, 0.25) is 0 Å². The maximum atomic E-state index is 12.6. The Kier molecular flexibility index (Phi) is 6.42. The van der Waals surface area contributed by atoms with Crippen LogP contribution in [0, 0.1) is 17.2 Å². The largest absolute Gasteiger partial charge is 0.573 e. The SMILES string of the molecule is N#CCNC(=O)[C@@H]1CCCCC1c1ccccc1-c1ccc(OC(F)(F)F)cc1. The highest BCUT2D eigenvalue weighted by Crippen LogP contribution is 2.42. The summed E-state index contributed by atoms with van der Waals surface area (Å²) in [6.07, 6.45) is -1.19. The maximum Gasteiger partial charge on any atom is 0.573 e. The molecule has 0 saturated heterocycles. The second-order valence-corrected chi connectivity index (χ2v) is 7.03. The van der Waals surface area contributed by atoms with E-state index in [1.807, 2.05) is 30.3 Å². The number of halogens is 3. The average Bonchev–Trinajstić information content (AvgIpc) is 2.71. The number of nitrogens with one attached hydrogen (secondary N) is 1. The van der Waals surface area contributed by atoms with Crippen LogP contribution in [0.1, 0.15) is 37.2 Å². The maximum absolute atomic E-state index is 12.6. The van der Waals surface area contributed by atoms with Crippen LogP contribution >= 0.6 is 0 Å². The molecule has 1 N–H and O–H groups in total. The minimum atomic E-state index is -4.73. The number of hydrogen-bond acceptors (Lipinski definition) is 3. The van der Waals surface area contributed by atoms with Crippen LogP contribution in [0.3, 0.4) is 0 Å². The summed E-state index contributed by atoms with van der Waals surface area (Å²) in [5, 5.41) is 11.4. The van der Waals surface area contributed by atoms with E-state index in [2.05, 4.69) is 10.1 Å². The van der Waals surface area contributed by atoms with E-state index in [-0.39, 0.29) is 30.0 Å². The molecule has 0 aliphatic heterocycles. The molecule has 152 valence electrons. The Labute approximate surface area is 167 Å². The van der Waals surface area contributed by atoms with E-state index in [1.165, 1.54) is 12.1 Å². The van der Waals surface area contributed by atoms with E-state index in [9.17, 15) is 18.0 Å². The van der Waals surface area contributed by atoms with Crippen molar-refractivity contribution in [1.29, 1.82) is 5.26 Å². The zero-order valence-electron chi connectivity index (χ0n) is 15.7. The van der Waals surface area contributed by atoms with Gasteiger partial charge < -0.3 is 10.1 Å². The number of alkyl halides is 3. The number of benzene rings is 2. The van der Waals surface area contributed by atoms with Crippen molar-refractivity contribution >= 4 is 5.91 Å². The molecule has 2 aromatic rings. The summed E-state index contributed by atoms with van der Waals surface area (Å²) in [5.74, 6) is -0.638. The smallest absolute Gasteiger partial charge is 0.406 e. The van der Waals surface area contributed by atoms with E-state index < -0.39 is 6.36 Å². The lowest BCUT2D eigenvalue weighted by molar-refractivity contribution is -0.274. The third-order valence-electron chi connectivity index (χ3n) is 5.20. The normalized spacial score (nSPS) is 19.2. The number of carbonyl (C=O) groups is 1. The number of rotatable bonds is 5. The Bertz CT molecular complexity index is 888. The highest BCUT2D eigenvalue weighted by Gasteiger charge is 2.33. The topological polar surface area (TPSA) is 62.1 Å². The molecule has 1 aliphatic carbocycles. The lowest BCUT2D eigenvalue weighted by atomic mass is 9.73. The summed E-state index contributed by atoms with van der Waals surface area (Å²) in [4.78, 5) is 12.6. The Hall–Kier alpha value is -3.01. The Morgan fingerprint density at radius 2 is 1.79 bits per heavy atom. The van der Waals surface area contributed by atoms with Gasteiger partial charge in [0.25, 0.3) is 0 Å². The van der Waals surface area contributed by atoms with Crippen molar-refractivity contribution in [3.05, 3.63) is 54.1 Å². The third-order valence-corrected chi connectivity index (χ3v) is 5.20. The molecule has 1 aliphatic rings. The van der Waals surface area contributed by atoms with Gasteiger partial charge in [0, 0.05) is 5.92 Å². The first-order chi connectivity index (χ1) is 13.9. The molecule has 0 heterocycles. The minimum Gasteiger partial charge on any atom is -0.406 e. The van der Waals surface area contributed by atoms with Crippen molar-refractivity contribution in [3.63, 3.8) is 0 Å². The van der Waals surface area contributed by atoms with Crippen LogP contribution in [0.5, 0.6) is 5.75 Å². The molecule has 0 radical (unpaired) electrons. The molecule has 3 rings (SSSR count). The number of carbonyl (C=O) groups excluding carboxylic acids is 1. The predicted molar refractivity (Wildman–Crippen MR) is 102 cm³/mol. The first-order valence-electron chi connectivity index (χ1n) is 9.49. The first kappa shape index (κ1) is 20.7. The summed E-state index contributed by atoms with van der Waals surface area (Å²) in [6.45, 7) is -0.0234. The molecule has 0 spiro atoms. The van der Waals surface area contributed by atoms with Crippen molar-refractivity contribution in [1.82, 2.24) is 5.32 Å². The number of amides is 1. The van der Waals surface area contributed by atoms with E-state index in [1.54, 1.807) is 12.1 Å². The van der Waals surface area contributed by atoms with Crippen LogP contribution in [0.25, 0.3) is 11.1 Å². The molecular formula is C22H21F3N2O2. The fourth-order valence-corrected chi connectivity index (χ4v) is 3.99. The summed E-state index contributed by atoms with van der Waals surface area (Å²) >= 11 is 0. The van der Waals surface area contributed by atoms with Gasteiger partial charge in [0.05, 0.1) is 6.07 Å². The van der Waals surface area contributed by atoms with Crippen LogP contribution in [0.4, 0.5) is 13.2 Å². The molecule has 2 atom stereocenters. The molecule has 1 unspecified atom stereocenters. The standard InChI is InChI=1S/C22H21F3N2O2/c23-22(24,25)29-16-11-9-15(10-12-16)17-5-1-2-6-18(17)19-7-3-4-8-20(19)21(28)27-14-13-26/h1-2,5-6,9-12,19-20H,3-4,7-8,14H2,(H,27,28)/t19?,20-/m1/s1. The van der Waals surface area contributed by atoms with Crippen molar-refractivity contribution in [2.75, 3.05) is 6.54 Å². The predicted octanol–water partition coefficient (Wildman–Crippen LogP) is 5.17. The van der Waals surface area contributed by atoms with Gasteiger partial charge in [-0.25, -0.2) is 0 Å². The van der Waals surface area contributed by atoms with Crippen LogP contribution in [0.15, 0.2) is 48.5 Å². The third kappa shape index (κ3) is 5.29. The quantitative estimate of drug-likeness (QED) is 0.702. The van der Waals surface area contributed by atoms with Crippen LogP contribution < -0.4 is 10.1 Å². The van der Waals surface area contributed by atoms with Gasteiger partial charge in [-0.3, -0.25) is 4.79 Å². The monoisotopic (exact) mass is 402 g/mol. The van der Waals surface area contributed by atoms with E-state index in [4.69, 9.17) is 5.26 Å². The second-order valence-electron chi connectivity index (χ2n) is 7.03. The molecule has 7 heteroatoms. The molecule has 1 amide bonds. The molecule has 29 heavy (non-hydrogen) atoms. The lowest BCUT2D eigenvalue weighted by Gasteiger charge is -2.32. The van der Waals surface area contributed by atoms with Crippen molar-refractivity contribution in [3.8, 4) is 22.9 Å². The van der Waals surface area contributed by atoms with Gasteiger partial charge in [0.15, 0.2) is 0 Å². The zero-order valence-corrected chi connectivity index (χ0v) is 15.7. The molecular weight excluding hydrogens is 381 g/mol. The van der Waals surface area contributed by atoms with E-state index in [0.717, 1.165) is 42.4 Å². The molecule has 1 fully saturated rings. The van der Waals surface area contributed by atoms with Crippen LogP contribution in [-0.4, -0.2) is 18.8 Å². The van der Waals surface area contributed by atoms with Gasteiger partial charge in [-0.2, -0.15) is 5.26 Å². The van der Waals surface area contributed by atoms with Gasteiger partial charge in [-0.15, -0.1) is 13.2 Å². The Morgan fingerprint density at radius 3 is 2.48 bits per heavy atom. The van der Waals surface area contributed by atoms with Gasteiger partial charge >= 0.3 is 6.36 Å². The van der Waals surface area contributed by atoms with E-state index >= 15 is 0 Å². The van der Waals surface area contributed by atoms with Gasteiger partial charge in [-0.1, -0.05) is 49.2 Å². The Balaban J connectivity index is 1.89. The second kappa shape index (κ2) is 8.99. The van der Waals surface area contributed by atoms with Gasteiger partial charge in [0.1, 0.15) is 12.3 Å². The summed E-state index contributed by atoms with van der Waals surface area (Å²) in [6, 6.07) is 15.3. The summed E-state index contributed by atoms with van der Waals surface area (Å²) in [5.41, 5.74) is 2.64. The molecule has 1 saturated carbocycles. The van der Waals surface area contributed by atoms with Crippen LogP contribution in [-0.2, 0) is 4.79 Å². The first-order valence-corrected chi connectivity index (χ1v) is 9.49. The number of nitrogens with zero attached hydrogens (tertiary/aromatic N) is 1. The number of hydrogen-bond donors (Lipinski definition) is 1. The molecule has 0 bridgehead atoms. The summed E-state index contributed by atoms with van der Waals surface area (Å²) < 4.78 is 41.1. The fourth-order valence-electron chi connectivity index (χ4n) is 3.99. The Morgan fingerprint density at radius 1 is 1.10 bits per heavy atom. The highest BCUT2D eigenvalue weighted by atomic mass is 19.4. The number of ether oxygens (including phenoxy) is 1. The van der Waals surface area contributed by atoms with Gasteiger partial charge in [0.2, 0.25) is 5.91 Å². The molecule has 2 aromatic carbocycles. The van der Waals surface area contributed by atoms with E-state index in [0.29, 0.717) is 0 Å². The lowest BCUT2D eigenvalue weighted by Crippen LogP contribution is -2.36. The zero-order chi connectivity index (χ0) is 20.9.